The second kappa shape index (κ2) is 10.9. The van der Waals surface area contributed by atoms with Crippen molar-refractivity contribution in [2.45, 2.75) is 90.4 Å². The van der Waals surface area contributed by atoms with Gasteiger partial charge in [-0.25, -0.2) is 0 Å². The van der Waals surface area contributed by atoms with Crippen molar-refractivity contribution in [3.63, 3.8) is 0 Å². The number of aryl methyl sites for hydroxylation is 1. The molecule has 5 heteroatoms. The molecule has 0 saturated carbocycles. The predicted octanol–water partition coefficient (Wildman–Crippen LogP) is 4.85. The van der Waals surface area contributed by atoms with E-state index in [1.165, 1.54) is 6.92 Å². The minimum atomic E-state index is -1.74. The van der Waals surface area contributed by atoms with Crippen LogP contribution in [0.5, 0.6) is 0 Å². The first kappa shape index (κ1) is 22.1. The van der Waals surface area contributed by atoms with Gasteiger partial charge in [-0.05, 0) is 31.9 Å². The maximum atomic E-state index is 12.6. The summed E-state index contributed by atoms with van der Waals surface area (Å²) in [6, 6.07) is 3.33. The predicted molar refractivity (Wildman–Crippen MR) is 100 cm³/mol. The van der Waals surface area contributed by atoms with Crippen LogP contribution in [0.3, 0.4) is 0 Å². The third-order valence-electron chi connectivity index (χ3n) is 4.86. The number of unbranched alkanes of at least 4 members (excludes halogenated alkanes) is 4. The fourth-order valence-corrected chi connectivity index (χ4v) is 2.89. The Balaban J connectivity index is 2.74. The summed E-state index contributed by atoms with van der Waals surface area (Å²) in [7, 11) is 0. The number of aliphatic carboxylic acids is 1. The SMILES string of the molecule is CCCCCC(=O)CCC(=O)C(C)(C(=O)O)c1ccc(CCCCC)o1. The minimum absolute atomic E-state index is 0.0132. The molecule has 26 heavy (non-hydrogen) atoms. The summed E-state index contributed by atoms with van der Waals surface area (Å²) >= 11 is 0. The number of rotatable bonds is 14. The standard InChI is InChI=1S/C21H32O5/c1-4-6-8-10-16(22)12-14-18(23)21(3,20(24)25)19-15-13-17(26-19)11-9-7-5-2/h13,15H,4-12,14H2,1-3H3,(H,24,25). The number of hydrogen-bond acceptors (Lipinski definition) is 4. The zero-order valence-corrected chi connectivity index (χ0v) is 16.3. The number of carboxylic acid groups (broad SMARTS) is 1. The van der Waals surface area contributed by atoms with Gasteiger partial charge in [0.15, 0.2) is 11.2 Å². The van der Waals surface area contributed by atoms with Crippen molar-refractivity contribution in [2.75, 3.05) is 0 Å². The summed E-state index contributed by atoms with van der Waals surface area (Å²) in [5.41, 5.74) is -1.74. The van der Waals surface area contributed by atoms with Gasteiger partial charge in [0, 0.05) is 25.7 Å². The molecule has 1 atom stereocenters. The van der Waals surface area contributed by atoms with E-state index in [1.807, 2.05) is 0 Å². The first-order valence-corrected chi connectivity index (χ1v) is 9.73. The first-order valence-electron chi connectivity index (χ1n) is 9.73. The normalized spacial score (nSPS) is 13.3. The lowest BCUT2D eigenvalue weighted by molar-refractivity contribution is -0.149. The van der Waals surface area contributed by atoms with E-state index in [-0.39, 0.29) is 24.4 Å². The number of carboxylic acids is 1. The fourth-order valence-electron chi connectivity index (χ4n) is 2.89. The van der Waals surface area contributed by atoms with E-state index in [1.54, 1.807) is 12.1 Å². The Morgan fingerprint density at radius 1 is 0.962 bits per heavy atom. The van der Waals surface area contributed by atoms with E-state index in [2.05, 4.69) is 13.8 Å². The highest BCUT2D eigenvalue weighted by atomic mass is 16.4. The molecular weight excluding hydrogens is 332 g/mol. The van der Waals surface area contributed by atoms with E-state index in [4.69, 9.17) is 4.42 Å². The van der Waals surface area contributed by atoms with Crippen molar-refractivity contribution < 1.29 is 23.9 Å². The average molecular weight is 364 g/mol. The van der Waals surface area contributed by atoms with Gasteiger partial charge < -0.3 is 9.52 Å². The van der Waals surface area contributed by atoms with E-state index in [0.29, 0.717) is 12.2 Å². The fraction of sp³-hybridized carbons (Fsp3) is 0.667. The third kappa shape index (κ3) is 6.11. The molecule has 1 rings (SSSR count). The lowest BCUT2D eigenvalue weighted by Gasteiger charge is -2.21. The van der Waals surface area contributed by atoms with Crippen LogP contribution in [0.2, 0.25) is 0 Å². The third-order valence-corrected chi connectivity index (χ3v) is 4.86. The van der Waals surface area contributed by atoms with Crippen LogP contribution in [0.4, 0.5) is 0 Å². The van der Waals surface area contributed by atoms with Gasteiger partial charge in [0.1, 0.15) is 17.3 Å². The molecule has 1 N–H and O–H groups in total. The molecular formula is C21H32O5. The average Bonchev–Trinajstić information content (AvgIpc) is 3.08. The molecule has 0 aromatic carbocycles. The Bertz CT molecular complexity index is 601. The quantitative estimate of drug-likeness (QED) is 0.377. The molecule has 1 heterocycles. The largest absolute Gasteiger partial charge is 0.480 e. The topological polar surface area (TPSA) is 84.6 Å². The second-order valence-electron chi connectivity index (χ2n) is 7.07. The molecule has 0 aliphatic heterocycles. The van der Waals surface area contributed by atoms with Crippen LogP contribution < -0.4 is 0 Å². The number of ketones is 2. The molecule has 1 aromatic rings. The van der Waals surface area contributed by atoms with Crippen LogP contribution in [-0.4, -0.2) is 22.6 Å². The first-order chi connectivity index (χ1) is 12.4. The summed E-state index contributed by atoms with van der Waals surface area (Å²) in [4.78, 5) is 36.3. The maximum Gasteiger partial charge on any atom is 0.324 e. The van der Waals surface area contributed by atoms with Crippen LogP contribution in [0, 0.1) is 0 Å². The molecule has 0 fully saturated rings. The van der Waals surface area contributed by atoms with Crippen LogP contribution in [-0.2, 0) is 26.2 Å². The molecule has 5 nitrogen and oxygen atoms in total. The highest BCUT2D eigenvalue weighted by molar-refractivity contribution is 6.08. The Morgan fingerprint density at radius 2 is 1.62 bits per heavy atom. The van der Waals surface area contributed by atoms with Crippen molar-refractivity contribution in [1.82, 2.24) is 0 Å². The van der Waals surface area contributed by atoms with Gasteiger partial charge in [-0.2, -0.15) is 0 Å². The number of carbonyl (C=O) groups is 3. The Hall–Kier alpha value is -1.91. The zero-order chi connectivity index (χ0) is 19.6. The molecule has 0 aliphatic carbocycles. The molecule has 0 saturated heterocycles. The minimum Gasteiger partial charge on any atom is -0.480 e. The van der Waals surface area contributed by atoms with E-state index in [9.17, 15) is 19.5 Å². The summed E-state index contributed by atoms with van der Waals surface area (Å²) < 4.78 is 5.68. The highest BCUT2D eigenvalue weighted by Gasteiger charge is 2.45. The summed E-state index contributed by atoms with van der Waals surface area (Å²) in [5, 5.41) is 9.65. The summed E-state index contributed by atoms with van der Waals surface area (Å²) in [6.45, 7) is 5.54. The molecule has 0 amide bonds. The molecule has 0 spiro atoms. The van der Waals surface area contributed by atoms with Crippen LogP contribution in [0.15, 0.2) is 16.5 Å². The van der Waals surface area contributed by atoms with Crippen LogP contribution in [0.25, 0.3) is 0 Å². The maximum absolute atomic E-state index is 12.6. The van der Waals surface area contributed by atoms with Gasteiger partial charge in [-0.15, -0.1) is 0 Å². The zero-order valence-electron chi connectivity index (χ0n) is 16.3. The molecule has 0 radical (unpaired) electrons. The number of hydrogen-bond donors (Lipinski definition) is 1. The Kier molecular flexibility index (Phi) is 9.31. The molecule has 1 aromatic heterocycles. The monoisotopic (exact) mass is 364 g/mol. The van der Waals surface area contributed by atoms with Gasteiger partial charge in [0.2, 0.25) is 0 Å². The van der Waals surface area contributed by atoms with Crippen molar-refractivity contribution in [2.24, 2.45) is 0 Å². The van der Waals surface area contributed by atoms with Crippen molar-refractivity contribution in [1.29, 1.82) is 0 Å². The van der Waals surface area contributed by atoms with Gasteiger partial charge in [-0.1, -0.05) is 39.5 Å². The molecule has 0 bridgehead atoms. The van der Waals surface area contributed by atoms with Crippen LogP contribution in [0.1, 0.15) is 90.1 Å². The highest BCUT2D eigenvalue weighted by Crippen LogP contribution is 2.30. The number of furan rings is 1. The lowest BCUT2D eigenvalue weighted by Crippen LogP contribution is -2.40. The van der Waals surface area contributed by atoms with Crippen molar-refractivity contribution in [3.8, 4) is 0 Å². The van der Waals surface area contributed by atoms with Crippen LogP contribution >= 0.6 is 0 Å². The smallest absolute Gasteiger partial charge is 0.324 e. The van der Waals surface area contributed by atoms with E-state index >= 15 is 0 Å². The Labute approximate surface area is 156 Å². The summed E-state index contributed by atoms with van der Waals surface area (Å²) in [6.07, 6.45) is 7.17. The molecule has 1 unspecified atom stereocenters. The van der Waals surface area contributed by atoms with Gasteiger partial charge >= 0.3 is 5.97 Å². The molecule has 146 valence electrons. The van der Waals surface area contributed by atoms with Gasteiger partial charge in [0.25, 0.3) is 0 Å². The van der Waals surface area contributed by atoms with E-state index in [0.717, 1.165) is 44.9 Å². The number of Topliss-reactive ketones (excluding diaryl/α,β-unsaturated/α-hetero) is 2. The lowest BCUT2D eigenvalue weighted by atomic mass is 9.81. The van der Waals surface area contributed by atoms with Gasteiger partial charge in [0.05, 0.1) is 0 Å². The number of carbonyl (C=O) groups excluding carboxylic acids is 2. The summed E-state index contributed by atoms with van der Waals surface area (Å²) in [5.74, 6) is -0.859. The van der Waals surface area contributed by atoms with Crippen molar-refractivity contribution >= 4 is 17.5 Å². The molecule has 0 aliphatic rings. The Morgan fingerprint density at radius 3 is 2.23 bits per heavy atom. The van der Waals surface area contributed by atoms with Crippen molar-refractivity contribution in [3.05, 3.63) is 23.7 Å². The van der Waals surface area contributed by atoms with Gasteiger partial charge in [-0.3, -0.25) is 14.4 Å². The van der Waals surface area contributed by atoms with E-state index < -0.39 is 17.2 Å². The second-order valence-corrected chi connectivity index (χ2v) is 7.07.